The number of alkyl halides is 3. The molecule has 0 radical (unpaired) electrons. The molecule has 0 atom stereocenters. The quantitative estimate of drug-likeness (QED) is 0.601. The summed E-state index contributed by atoms with van der Waals surface area (Å²) in [6.07, 6.45) is -4.46. The zero-order valence-corrected chi connectivity index (χ0v) is 10.7. The first-order valence-electron chi connectivity index (χ1n) is 5.96. The average Bonchev–Trinajstić information content (AvgIpc) is 2.46. The monoisotopic (exact) mass is 295 g/mol. The molecule has 2 rings (SSSR count). The minimum Gasteiger partial charge on any atom is -0.323 e. The Morgan fingerprint density at radius 1 is 1.05 bits per heavy atom. The number of anilines is 2. The molecule has 0 saturated heterocycles. The van der Waals surface area contributed by atoms with E-state index in [0.29, 0.717) is 5.69 Å². The van der Waals surface area contributed by atoms with E-state index >= 15 is 0 Å². The van der Waals surface area contributed by atoms with Crippen LogP contribution in [0.4, 0.5) is 24.5 Å². The highest BCUT2D eigenvalue weighted by atomic mass is 19.4. The van der Waals surface area contributed by atoms with E-state index in [9.17, 15) is 18.0 Å². The fourth-order valence-corrected chi connectivity index (χ4v) is 1.78. The number of carbonyl (C=O) groups is 1. The predicted octanol–water partition coefficient (Wildman–Crippen LogP) is 3.24. The Hall–Kier alpha value is -2.54. The van der Waals surface area contributed by atoms with Crippen molar-refractivity contribution < 1.29 is 18.0 Å². The number of hydrogen-bond donors (Lipinski definition) is 3. The molecular formula is C14H12F3N3O. The van der Waals surface area contributed by atoms with Crippen molar-refractivity contribution in [2.75, 3.05) is 10.7 Å². The highest BCUT2D eigenvalue weighted by Crippen LogP contribution is 2.30. The smallest absolute Gasteiger partial charge is 0.323 e. The number of carbonyl (C=O) groups excluding carboxylic acids is 1. The maximum atomic E-state index is 12.6. The number of benzene rings is 2. The van der Waals surface area contributed by atoms with Crippen molar-refractivity contribution in [1.82, 2.24) is 0 Å². The highest BCUT2D eigenvalue weighted by Gasteiger charge is 2.30. The molecule has 0 fully saturated rings. The normalized spacial score (nSPS) is 11.0. The largest absolute Gasteiger partial charge is 0.416 e. The van der Waals surface area contributed by atoms with Crippen LogP contribution in [-0.4, -0.2) is 5.91 Å². The van der Waals surface area contributed by atoms with Gasteiger partial charge in [-0.05, 0) is 30.3 Å². The zero-order chi connectivity index (χ0) is 15.5. The van der Waals surface area contributed by atoms with Crippen LogP contribution < -0.4 is 16.6 Å². The maximum absolute atomic E-state index is 12.6. The van der Waals surface area contributed by atoms with Crippen LogP contribution in [0.15, 0.2) is 48.5 Å². The molecule has 0 heterocycles. The van der Waals surface area contributed by atoms with E-state index < -0.39 is 17.6 Å². The van der Waals surface area contributed by atoms with Crippen LogP contribution in [0.1, 0.15) is 15.9 Å². The van der Waals surface area contributed by atoms with Gasteiger partial charge in [-0.3, -0.25) is 10.6 Å². The fraction of sp³-hybridized carbons (Fsp3) is 0.0714. The summed E-state index contributed by atoms with van der Waals surface area (Å²) in [5.74, 6) is 4.73. The van der Waals surface area contributed by atoms with Crippen molar-refractivity contribution in [2.45, 2.75) is 6.18 Å². The van der Waals surface area contributed by atoms with Gasteiger partial charge in [0, 0.05) is 5.69 Å². The van der Waals surface area contributed by atoms with Gasteiger partial charge in [-0.2, -0.15) is 13.2 Å². The minimum atomic E-state index is -4.46. The van der Waals surface area contributed by atoms with Gasteiger partial charge < -0.3 is 10.7 Å². The number of rotatable bonds is 3. The second kappa shape index (κ2) is 5.84. The molecular weight excluding hydrogens is 283 g/mol. The average molecular weight is 295 g/mol. The molecule has 0 spiro atoms. The van der Waals surface area contributed by atoms with Crippen LogP contribution in [0.2, 0.25) is 0 Å². The number of nitrogen functional groups attached to an aromatic ring is 1. The van der Waals surface area contributed by atoms with E-state index in [1.807, 2.05) is 0 Å². The van der Waals surface area contributed by atoms with E-state index in [-0.39, 0.29) is 11.3 Å². The molecule has 110 valence electrons. The standard InChI is InChI=1S/C14H12F3N3O/c15-14(16,17)9-4-3-5-10(8-9)19-13(21)11-6-1-2-7-12(11)20-18/h1-8,20H,18H2,(H,19,21). The molecule has 2 aromatic rings. The third kappa shape index (κ3) is 3.51. The molecule has 0 aliphatic heterocycles. The summed E-state index contributed by atoms with van der Waals surface area (Å²) in [6, 6.07) is 10.8. The van der Waals surface area contributed by atoms with Gasteiger partial charge in [0.05, 0.1) is 16.8 Å². The van der Waals surface area contributed by atoms with Crippen LogP contribution in [0.3, 0.4) is 0 Å². The molecule has 0 aliphatic rings. The fourth-order valence-electron chi connectivity index (χ4n) is 1.78. The molecule has 0 unspecified atom stereocenters. The molecule has 0 aliphatic carbocycles. The lowest BCUT2D eigenvalue weighted by atomic mass is 10.1. The number of nitrogens with two attached hydrogens (primary N) is 1. The third-order valence-electron chi connectivity index (χ3n) is 2.77. The highest BCUT2D eigenvalue weighted by molar-refractivity contribution is 6.08. The van der Waals surface area contributed by atoms with Crippen LogP contribution >= 0.6 is 0 Å². The number of hydrazine groups is 1. The Morgan fingerprint density at radius 3 is 2.43 bits per heavy atom. The molecule has 0 bridgehead atoms. The second-order valence-electron chi connectivity index (χ2n) is 4.22. The summed E-state index contributed by atoms with van der Waals surface area (Å²) in [7, 11) is 0. The van der Waals surface area contributed by atoms with Gasteiger partial charge in [0.2, 0.25) is 0 Å². The summed E-state index contributed by atoms with van der Waals surface area (Å²) in [5.41, 5.74) is 2.20. The molecule has 4 nitrogen and oxygen atoms in total. The first kappa shape index (κ1) is 14.9. The Kier molecular flexibility index (Phi) is 4.13. The maximum Gasteiger partial charge on any atom is 0.416 e. The van der Waals surface area contributed by atoms with Gasteiger partial charge in [-0.25, -0.2) is 0 Å². The van der Waals surface area contributed by atoms with Gasteiger partial charge in [-0.1, -0.05) is 18.2 Å². The van der Waals surface area contributed by atoms with Crippen molar-refractivity contribution in [2.24, 2.45) is 5.84 Å². The SMILES string of the molecule is NNc1ccccc1C(=O)Nc1cccc(C(F)(F)F)c1. The van der Waals surface area contributed by atoms with Gasteiger partial charge in [-0.15, -0.1) is 0 Å². The predicted molar refractivity (Wildman–Crippen MR) is 73.6 cm³/mol. The Morgan fingerprint density at radius 2 is 1.76 bits per heavy atom. The van der Waals surface area contributed by atoms with Crippen LogP contribution in [0.5, 0.6) is 0 Å². The van der Waals surface area contributed by atoms with Crippen LogP contribution in [-0.2, 0) is 6.18 Å². The molecule has 4 N–H and O–H groups in total. The second-order valence-corrected chi connectivity index (χ2v) is 4.22. The van der Waals surface area contributed by atoms with Gasteiger partial charge in [0.25, 0.3) is 5.91 Å². The van der Waals surface area contributed by atoms with Crippen LogP contribution in [0, 0.1) is 0 Å². The van der Waals surface area contributed by atoms with Crippen molar-refractivity contribution >= 4 is 17.3 Å². The van der Waals surface area contributed by atoms with E-state index in [0.717, 1.165) is 12.1 Å². The van der Waals surface area contributed by atoms with E-state index in [1.165, 1.54) is 18.2 Å². The molecule has 2 aromatic carbocycles. The van der Waals surface area contributed by atoms with Crippen molar-refractivity contribution in [1.29, 1.82) is 0 Å². The number of amides is 1. The number of halogens is 3. The van der Waals surface area contributed by atoms with Crippen molar-refractivity contribution in [3.05, 3.63) is 59.7 Å². The molecule has 0 aromatic heterocycles. The van der Waals surface area contributed by atoms with E-state index in [4.69, 9.17) is 5.84 Å². The Labute approximate surface area is 118 Å². The lowest BCUT2D eigenvalue weighted by molar-refractivity contribution is -0.137. The summed E-state index contributed by atoms with van der Waals surface area (Å²) in [6.45, 7) is 0. The van der Waals surface area contributed by atoms with Crippen molar-refractivity contribution in [3.8, 4) is 0 Å². The summed E-state index contributed by atoms with van der Waals surface area (Å²) < 4.78 is 37.8. The Balaban J connectivity index is 2.24. The Bertz CT molecular complexity index is 656. The van der Waals surface area contributed by atoms with Gasteiger partial charge >= 0.3 is 6.18 Å². The summed E-state index contributed by atoms with van der Waals surface area (Å²) in [4.78, 5) is 12.1. The lowest BCUT2D eigenvalue weighted by Gasteiger charge is -2.11. The van der Waals surface area contributed by atoms with Crippen molar-refractivity contribution in [3.63, 3.8) is 0 Å². The molecule has 7 heteroatoms. The minimum absolute atomic E-state index is 0.0571. The van der Waals surface area contributed by atoms with E-state index in [1.54, 1.807) is 18.2 Å². The zero-order valence-electron chi connectivity index (χ0n) is 10.7. The van der Waals surface area contributed by atoms with Gasteiger partial charge in [0.1, 0.15) is 0 Å². The lowest BCUT2D eigenvalue weighted by Crippen LogP contribution is -2.17. The van der Waals surface area contributed by atoms with Crippen LogP contribution in [0.25, 0.3) is 0 Å². The number of hydrogen-bond acceptors (Lipinski definition) is 3. The third-order valence-corrected chi connectivity index (χ3v) is 2.77. The number of nitrogens with one attached hydrogen (secondary N) is 2. The topological polar surface area (TPSA) is 67.1 Å². The van der Waals surface area contributed by atoms with Gasteiger partial charge in [0.15, 0.2) is 0 Å². The first-order chi connectivity index (χ1) is 9.91. The molecule has 0 saturated carbocycles. The molecule has 21 heavy (non-hydrogen) atoms. The summed E-state index contributed by atoms with van der Waals surface area (Å²) in [5, 5.41) is 2.41. The summed E-state index contributed by atoms with van der Waals surface area (Å²) >= 11 is 0. The number of para-hydroxylation sites is 1. The molecule has 1 amide bonds. The first-order valence-corrected chi connectivity index (χ1v) is 5.96. The van der Waals surface area contributed by atoms with E-state index in [2.05, 4.69) is 10.7 Å².